The van der Waals surface area contributed by atoms with Crippen molar-refractivity contribution in [3.8, 4) is 11.6 Å². The van der Waals surface area contributed by atoms with E-state index in [1.54, 1.807) is 6.07 Å². The van der Waals surface area contributed by atoms with Crippen LogP contribution in [0.2, 0.25) is 0 Å². The van der Waals surface area contributed by atoms with E-state index < -0.39 is 0 Å². The highest BCUT2D eigenvalue weighted by Gasteiger charge is 2.27. The van der Waals surface area contributed by atoms with Gasteiger partial charge < -0.3 is 19.1 Å². The van der Waals surface area contributed by atoms with Gasteiger partial charge in [0.05, 0.1) is 5.56 Å². The zero-order chi connectivity index (χ0) is 22.1. The molecule has 0 atom stereocenters. The summed E-state index contributed by atoms with van der Waals surface area (Å²) >= 11 is 0. The molecule has 1 saturated heterocycles. The van der Waals surface area contributed by atoms with E-state index in [4.69, 9.17) is 8.83 Å². The first-order valence-electron chi connectivity index (χ1n) is 10.9. The molecule has 4 heterocycles. The number of rotatable bonds is 6. The van der Waals surface area contributed by atoms with E-state index in [-0.39, 0.29) is 11.9 Å². The lowest BCUT2D eigenvalue weighted by Crippen LogP contribution is -2.45. The number of hydrogen-bond acceptors (Lipinski definition) is 6. The van der Waals surface area contributed by atoms with Crippen LogP contribution in [0.4, 0.5) is 5.95 Å². The Morgan fingerprint density at radius 3 is 2.45 bits per heavy atom. The van der Waals surface area contributed by atoms with Crippen LogP contribution >= 0.6 is 0 Å². The molecule has 0 unspecified atom stereocenters. The van der Waals surface area contributed by atoms with Crippen molar-refractivity contribution in [2.75, 3.05) is 18.0 Å². The smallest absolute Gasteiger partial charge is 0.255 e. The van der Waals surface area contributed by atoms with Crippen LogP contribution in [0.5, 0.6) is 0 Å². The highest BCUT2D eigenvalue weighted by atomic mass is 16.3. The zero-order valence-electron chi connectivity index (χ0n) is 18.9. The van der Waals surface area contributed by atoms with Gasteiger partial charge in [0.25, 0.3) is 5.91 Å². The van der Waals surface area contributed by atoms with Gasteiger partial charge in [-0.2, -0.15) is 0 Å². The van der Waals surface area contributed by atoms with Crippen LogP contribution in [0.1, 0.15) is 54.3 Å². The second-order valence-corrected chi connectivity index (χ2v) is 8.80. The van der Waals surface area contributed by atoms with Crippen molar-refractivity contribution in [1.82, 2.24) is 20.1 Å². The molecule has 1 N–H and O–H groups in total. The van der Waals surface area contributed by atoms with Crippen molar-refractivity contribution >= 4 is 11.9 Å². The van der Waals surface area contributed by atoms with E-state index >= 15 is 0 Å². The van der Waals surface area contributed by atoms with Crippen molar-refractivity contribution in [3.63, 3.8) is 0 Å². The first-order valence-corrected chi connectivity index (χ1v) is 10.9. The van der Waals surface area contributed by atoms with Gasteiger partial charge in [-0.05, 0) is 57.7 Å². The molecule has 3 aromatic heterocycles. The van der Waals surface area contributed by atoms with Gasteiger partial charge in [-0.3, -0.25) is 9.36 Å². The SMILES string of the molecule is Cc1ccc(-c2nnc(N3CCC(NC(=O)c4cc(C)oc4C)CC3)n2CC(C)C)o1. The number of aromatic nitrogens is 3. The zero-order valence-corrected chi connectivity index (χ0v) is 18.9. The highest BCUT2D eigenvalue weighted by Crippen LogP contribution is 2.27. The first kappa shape index (κ1) is 21.2. The normalized spacial score (nSPS) is 15.1. The molecular formula is C23H31N5O3. The second-order valence-electron chi connectivity index (χ2n) is 8.80. The molecule has 0 spiro atoms. The molecule has 0 saturated carbocycles. The molecule has 31 heavy (non-hydrogen) atoms. The molecule has 0 radical (unpaired) electrons. The number of piperidine rings is 1. The quantitative estimate of drug-likeness (QED) is 0.639. The van der Waals surface area contributed by atoms with Gasteiger partial charge >= 0.3 is 0 Å². The maximum Gasteiger partial charge on any atom is 0.255 e. The molecule has 0 aliphatic carbocycles. The Morgan fingerprint density at radius 1 is 1.13 bits per heavy atom. The lowest BCUT2D eigenvalue weighted by Gasteiger charge is -2.33. The standard InChI is InChI=1S/C23H31N5O3/c1-14(2)13-28-21(20-7-6-15(3)31-20)25-26-23(28)27-10-8-18(9-11-27)24-22(29)19-12-16(4)30-17(19)5/h6-7,12,14,18H,8-11,13H2,1-5H3,(H,24,29). The average Bonchev–Trinajstić information content (AvgIpc) is 3.40. The fourth-order valence-electron chi connectivity index (χ4n) is 4.14. The number of amides is 1. The molecule has 4 rings (SSSR count). The van der Waals surface area contributed by atoms with Gasteiger partial charge in [0.1, 0.15) is 17.3 Å². The summed E-state index contributed by atoms with van der Waals surface area (Å²) in [4.78, 5) is 14.9. The Balaban J connectivity index is 1.45. The lowest BCUT2D eigenvalue weighted by molar-refractivity contribution is 0.0929. The van der Waals surface area contributed by atoms with E-state index in [1.165, 1.54) is 0 Å². The summed E-state index contributed by atoms with van der Waals surface area (Å²) in [6.45, 7) is 12.4. The number of hydrogen-bond donors (Lipinski definition) is 1. The van der Waals surface area contributed by atoms with E-state index in [0.29, 0.717) is 17.2 Å². The van der Waals surface area contributed by atoms with Gasteiger partial charge in [-0.15, -0.1) is 10.2 Å². The van der Waals surface area contributed by atoms with Crippen LogP contribution in [0.25, 0.3) is 11.6 Å². The molecule has 3 aromatic rings. The minimum absolute atomic E-state index is 0.0637. The van der Waals surface area contributed by atoms with Gasteiger partial charge in [-0.25, -0.2) is 0 Å². The molecule has 8 nitrogen and oxygen atoms in total. The number of nitrogens with zero attached hydrogens (tertiary/aromatic N) is 4. The Labute approximate surface area is 182 Å². The molecule has 1 fully saturated rings. The Kier molecular flexibility index (Phi) is 5.89. The summed E-state index contributed by atoms with van der Waals surface area (Å²) in [5.41, 5.74) is 0.620. The Bertz CT molecular complexity index is 1050. The number of carbonyl (C=O) groups excluding carboxylic acids is 1. The molecular weight excluding hydrogens is 394 g/mol. The minimum atomic E-state index is -0.0637. The molecule has 0 aromatic carbocycles. The number of nitrogens with one attached hydrogen (secondary N) is 1. The van der Waals surface area contributed by atoms with Crippen LogP contribution in [0.3, 0.4) is 0 Å². The third-order valence-electron chi connectivity index (χ3n) is 5.64. The average molecular weight is 426 g/mol. The van der Waals surface area contributed by atoms with Crippen LogP contribution < -0.4 is 10.2 Å². The van der Waals surface area contributed by atoms with E-state index in [1.807, 2.05) is 32.9 Å². The number of aryl methyl sites for hydroxylation is 3. The number of anilines is 1. The molecule has 1 aliphatic heterocycles. The topological polar surface area (TPSA) is 89.3 Å². The van der Waals surface area contributed by atoms with Crippen LogP contribution in [0, 0.1) is 26.7 Å². The predicted octanol–water partition coefficient (Wildman–Crippen LogP) is 4.11. The van der Waals surface area contributed by atoms with Crippen LogP contribution in [-0.2, 0) is 6.54 Å². The molecule has 0 bridgehead atoms. The monoisotopic (exact) mass is 425 g/mol. The van der Waals surface area contributed by atoms with Gasteiger partial charge in [-0.1, -0.05) is 13.8 Å². The van der Waals surface area contributed by atoms with Crippen LogP contribution in [0.15, 0.2) is 27.0 Å². The summed E-state index contributed by atoms with van der Waals surface area (Å²) in [6.07, 6.45) is 1.71. The van der Waals surface area contributed by atoms with Gasteiger partial charge in [0.2, 0.25) is 11.8 Å². The Morgan fingerprint density at radius 2 is 1.87 bits per heavy atom. The summed E-state index contributed by atoms with van der Waals surface area (Å²) in [7, 11) is 0. The first-order chi connectivity index (χ1) is 14.8. The maximum atomic E-state index is 12.6. The second kappa shape index (κ2) is 8.61. The predicted molar refractivity (Wildman–Crippen MR) is 118 cm³/mol. The lowest BCUT2D eigenvalue weighted by atomic mass is 10.0. The van der Waals surface area contributed by atoms with Crippen molar-refractivity contribution in [1.29, 1.82) is 0 Å². The Hall–Kier alpha value is -3.03. The number of carbonyl (C=O) groups is 1. The molecule has 1 amide bonds. The van der Waals surface area contributed by atoms with E-state index in [9.17, 15) is 4.79 Å². The third-order valence-corrected chi connectivity index (χ3v) is 5.64. The molecule has 166 valence electrons. The maximum absolute atomic E-state index is 12.6. The molecule has 8 heteroatoms. The number of furan rings is 2. The fraction of sp³-hybridized carbons (Fsp3) is 0.522. The third kappa shape index (κ3) is 4.52. The van der Waals surface area contributed by atoms with Crippen molar-refractivity contribution in [2.45, 2.75) is 60.0 Å². The molecule has 1 aliphatic rings. The largest absolute Gasteiger partial charge is 0.466 e. The summed E-state index contributed by atoms with van der Waals surface area (Å²) in [5.74, 6) is 5.02. The minimum Gasteiger partial charge on any atom is -0.466 e. The summed E-state index contributed by atoms with van der Waals surface area (Å²) in [6, 6.07) is 5.82. The van der Waals surface area contributed by atoms with Crippen molar-refractivity contribution in [2.24, 2.45) is 5.92 Å². The highest BCUT2D eigenvalue weighted by molar-refractivity contribution is 5.95. The summed E-state index contributed by atoms with van der Waals surface area (Å²) < 4.78 is 13.5. The van der Waals surface area contributed by atoms with Gasteiger partial charge in [0.15, 0.2) is 5.76 Å². The van der Waals surface area contributed by atoms with E-state index in [0.717, 1.165) is 61.5 Å². The van der Waals surface area contributed by atoms with E-state index in [2.05, 4.69) is 38.8 Å². The van der Waals surface area contributed by atoms with Crippen LogP contribution in [-0.4, -0.2) is 39.8 Å². The summed E-state index contributed by atoms with van der Waals surface area (Å²) in [5, 5.41) is 12.1. The van der Waals surface area contributed by atoms with Crippen molar-refractivity contribution < 1.29 is 13.6 Å². The fourth-order valence-corrected chi connectivity index (χ4v) is 4.14. The van der Waals surface area contributed by atoms with Crippen molar-refractivity contribution in [3.05, 3.63) is 41.0 Å². The van der Waals surface area contributed by atoms with Gasteiger partial charge in [0, 0.05) is 25.7 Å².